The molecular formula is C15H19ClFNO2. The van der Waals surface area contributed by atoms with Crippen LogP contribution in [0.25, 0.3) is 0 Å². The monoisotopic (exact) mass is 299 g/mol. The number of carbonyl (C=O) groups excluding carboxylic acids is 1. The van der Waals surface area contributed by atoms with Gasteiger partial charge in [-0.05, 0) is 37.5 Å². The highest BCUT2D eigenvalue weighted by atomic mass is 35.5. The Morgan fingerprint density at radius 1 is 1.40 bits per heavy atom. The third kappa shape index (κ3) is 4.46. The average molecular weight is 300 g/mol. The van der Waals surface area contributed by atoms with Gasteiger partial charge in [0.15, 0.2) is 0 Å². The summed E-state index contributed by atoms with van der Waals surface area (Å²) in [5.41, 5.74) is 0.170. The van der Waals surface area contributed by atoms with E-state index in [1.807, 2.05) is 0 Å². The average Bonchev–Trinajstić information content (AvgIpc) is 2.94. The van der Waals surface area contributed by atoms with Crippen LogP contribution in [0.3, 0.4) is 0 Å². The largest absolute Gasteiger partial charge is 0.378 e. The van der Waals surface area contributed by atoms with Crippen molar-refractivity contribution in [3.05, 3.63) is 34.6 Å². The zero-order valence-electron chi connectivity index (χ0n) is 11.3. The van der Waals surface area contributed by atoms with Gasteiger partial charge in [0.25, 0.3) is 5.91 Å². The molecule has 1 amide bonds. The molecule has 1 aliphatic carbocycles. The predicted molar refractivity (Wildman–Crippen MR) is 76.6 cm³/mol. The maximum Gasteiger partial charge on any atom is 0.252 e. The van der Waals surface area contributed by atoms with E-state index in [1.165, 1.54) is 25.0 Å². The molecule has 0 radical (unpaired) electrons. The van der Waals surface area contributed by atoms with Crippen LogP contribution in [0.4, 0.5) is 4.39 Å². The molecule has 0 heterocycles. The number of benzene rings is 1. The summed E-state index contributed by atoms with van der Waals surface area (Å²) in [4.78, 5) is 11.8. The smallest absolute Gasteiger partial charge is 0.252 e. The molecule has 0 unspecified atom stereocenters. The number of amides is 1. The van der Waals surface area contributed by atoms with Crippen molar-refractivity contribution in [3.8, 4) is 0 Å². The summed E-state index contributed by atoms with van der Waals surface area (Å²) < 4.78 is 18.8. The lowest BCUT2D eigenvalue weighted by molar-refractivity contribution is 0.0565. The molecule has 1 saturated carbocycles. The SMILES string of the molecule is O=C(NCCCOC1CCCC1)c1cc(F)ccc1Cl. The molecule has 0 bridgehead atoms. The number of halogens is 2. The number of carbonyl (C=O) groups is 1. The zero-order chi connectivity index (χ0) is 14.4. The van der Waals surface area contributed by atoms with Crippen molar-refractivity contribution >= 4 is 17.5 Å². The van der Waals surface area contributed by atoms with Crippen molar-refractivity contribution in [2.24, 2.45) is 0 Å². The Morgan fingerprint density at radius 3 is 2.90 bits per heavy atom. The fourth-order valence-corrected chi connectivity index (χ4v) is 2.55. The molecule has 1 fully saturated rings. The Kier molecular flexibility index (Phi) is 5.80. The van der Waals surface area contributed by atoms with Gasteiger partial charge in [-0.2, -0.15) is 0 Å². The van der Waals surface area contributed by atoms with Crippen LogP contribution in [0.1, 0.15) is 42.5 Å². The first-order chi connectivity index (χ1) is 9.66. The van der Waals surface area contributed by atoms with Crippen molar-refractivity contribution < 1.29 is 13.9 Å². The third-order valence-corrected chi connectivity index (χ3v) is 3.77. The number of rotatable bonds is 6. The van der Waals surface area contributed by atoms with Gasteiger partial charge in [0.1, 0.15) is 5.82 Å². The van der Waals surface area contributed by atoms with E-state index in [4.69, 9.17) is 16.3 Å². The maximum absolute atomic E-state index is 13.1. The minimum atomic E-state index is -0.468. The Bertz CT molecular complexity index is 461. The molecule has 0 spiro atoms. The van der Waals surface area contributed by atoms with E-state index in [0.717, 1.165) is 25.3 Å². The van der Waals surface area contributed by atoms with Crippen molar-refractivity contribution in [1.82, 2.24) is 5.32 Å². The molecule has 1 aromatic rings. The molecule has 20 heavy (non-hydrogen) atoms. The first-order valence-electron chi connectivity index (χ1n) is 7.01. The van der Waals surface area contributed by atoms with E-state index in [1.54, 1.807) is 0 Å². The number of hydrogen-bond acceptors (Lipinski definition) is 2. The number of hydrogen-bond donors (Lipinski definition) is 1. The Labute approximate surface area is 123 Å². The number of nitrogens with one attached hydrogen (secondary N) is 1. The molecule has 0 saturated heterocycles. The van der Waals surface area contributed by atoms with Crippen LogP contribution in [0, 0.1) is 5.82 Å². The second kappa shape index (κ2) is 7.60. The van der Waals surface area contributed by atoms with Gasteiger partial charge in [0.2, 0.25) is 0 Å². The first kappa shape index (κ1) is 15.3. The van der Waals surface area contributed by atoms with Crippen molar-refractivity contribution in [1.29, 1.82) is 0 Å². The topological polar surface area (TPSA) is 38.3 Å². The van der Waals surface area contributed by atoms with E-state index in [-0.39, 0.29) is 16.5 Å². The summed E-state index contributed by atoms with van der Waals surface area (Å²) in [6.45, 7) is 1.14. The molecule has 0 atom stereocenters. The minimum absolute atomic E-state index is 0.170. The van der Waals surface area contributed by atoms with Crippen molar-refractivity contribution in [3.63, 3.8) is 0 Å². The van der Waals surface area contributed by atoms with Gasteiger partial charge in [0.05, 0.1) is 16.7 Å². The highest BCUT2D eigenvalue weighted by Crippen LogP contribution is 2.20. The van der Waals surface area contributed by atoms with Crippen LogP contribution in [-0.4, -0.2) is 25.2 Å². The lowest BCUT2D eigenvalue weighted by Crippen LogP contribution is -2.26. The Morgan fingerprint density at radius 2 is 2.15 bits per heavy atom. The lowest BCUT2D eigenvalue weighted by Gasteiger charge is -2.11. The second-order valence-electron chi connectivity index (χ2n) is 5.01. The fraction of sp³-hybridized carbons (Fsp3) is 0.533. The van der Waals surface area contributed by atoms with Gasteiger partial charge in [-0.1, -0.05) is 24.4 Å². The van der Waals surface area contributed by atoms with Gasteiger partial charge in [-0.25, -0.2) is 4.39 Å². The Balaban J connectivity index is 1.68. The summed E-state index contributed by atoms with van der Waals surface area (Å²) in [7, 11) is 0. The van der Waals surface area contributed by atoms with E-state index in [0.29, 0.717) is 19.3 Å². The quantitative estimate of drug-likeness (QED) is 0.816. The second-order valence-corrected chi connectivity index (χ2v) is 5.42. The predicted octanol–water partition coefficient (Wildman–Crippen LogP) is 3.56. The van der Waals surface area contributed by atoms with Crippen LogP contribution in [0.2, 0.25) is 5.02 Å². The minimum Gasteiger partial charge on any atom is -0.378 e. The van der Waals surface area contributed by atoms with E-state index >= 15 is 0 Å². The van der Waals surface area contributed by atoms with Gasteiger partial charge in [-0.15, -0.1) is 0 Å². The summed E-state index contributed by atoms with van der Waals surface area (Å²) in [6, 6.07) is 3.76. The molecule has 3 nitrogen and oxygen atoms in total. The molecule has 0 aromatic heterocycles. The van der Waals surface area contributed by atoms with Crippen LogP contribution >= 0.6 is 11.6 Å². The molecule has 1 N–H and O–H groups in total. The highest BCUT2D eigenvalue weighted by Gasteiger charge is 2.15. The van der Waals surface area contributed by atoms with Gasteiger partial charge in [-0.3, -0.25) is 4.79 Å². The molecular weight excluding hydrogens is 281 g/mol. The molecule has 1 aromatic carbocycles. The lowest BCUT2D eigenvalue weighted by atomic mass is 10.2. The summed E-state index contributed by atoms with van der Waals surface area (Å²) in [5, 5.41) is 2.98. The molecule has 5 heteroatoms. The maximum atomic E-state index is 13.1. The van der Waals surface area contributed by atoms with Crippen LogP contribution in [-0.2, 0) is 4.74 Å². The summed E-state index contributed by atoms with van der Waals surface area (Å²) in [5.74, 6) is -0.820. The molecule has 1 aliphatic rings. The molecule has 110 valence electrons. The number of ether oxygens (including phenoxy) is 1. The van der Waals surface area contributed by atoms with E-state index in [2.05, 4.69) is 5.32 Å². The van der Waals surface area contributed by atoms with Gasteiger partial charge < -0.3 is 10.1 Å². The Hall–Kier alpha value is -1.13. The highest BCUT2D eigenvalue weighted by molar-refractivity contribution is 6.33. The van der Waals surface area contributed by atoms with E-state index in [9.17, 15) is 9.18 Å². The molecule has 0 aliphatic heterocycles. The standard InChI is InChI=1S/C15H19ClFNO2/c16-14-7-6-11(17)10-13(14)15(19)18-8-3-9-20-12-4-1-2-5-12/h6-7,10,12H,1-5,8-9H2,(H,18,19). The third-order valence-electron chi connectivity index (χ3n) is 3.44. The normalized spacial score (nSPS) is 15.5. The summed E-state index contributed by atoms with van der Waals surface area (Å²) >= 11 is 5.87. The van der Waals surface area contributed by atoms with Crippen LogP contribution in [0.5, 0.6) is 0 Å². The van der Waals surface area contributed by atoms with Crippen molar-refractivity contribution in [2.45, 2.75) is 38.2 Å². The van der Waals surface area contributed by atoms with Crippen molar-refractivity contribution in [2.75, 3.05) is 13.2 Å². The van der Waals surface area contributed by atoms with Gasteiger partial charge >= 0.3 is 0 Å². The molecule has 2 rings (SSSR count). The zero-order valence-corrected chi connectivity index (χ0v) is 12.1. The van der Waals surface area contributed by atoms with Crippen LogP contribution < -0.4 is 5.32 Å². The first-order valence-corrected chi connectivity index (χ1v) is 7.39. The summed E-state index contributed by atoms with van der Waals surface area (Å²) in [6.07, 6.45) is 5.92. The van der Waals surface area contributed by atoms with Gasteiger partial charge in [0, 0.05) is 13.2 Å². The van der Waals surface area contributed by atoms with E-state index < -0.39 is 5.82 Å². The fourth-order valence-electron chi connectivity index (χ4n) is 2.35. The van der Waals surface area contributed by atoms with Crippen LogP contribution in [0.15, 0.2) is 18.2 Å².